The largest absolute Gasteiger partial charge is 0.369 e. The lowest BCUT2D eigenvalue weighted by Crippen LogP contribution is -2.51. The van der Waals surface area contributed by atoms with E-state index in [2.05, 4.69) is 41.7 Å². The molecule has 1 atom stereocenters. The lowest BCUT2D eigenvalue weighted by Gasteiger charge is -2.36. The molecule has 3 N–H and O–H groups in total. The van der Waals surface area contributed by atoms with Gasteiger partial charge in [0.15, 0.2) is 0 Å². The summed E-state index contributed by atoms with van der Waals surface area (Å²) in [7, 11) is 0. The van der Waals surface area contributed by atoms with E-state index in [4.69, 9.17) is 0 Å². The molecular formula is C23H28N8O2. The number of carbonyl (C=O) groups is 2. The van der Waals surface area contributed by atoms with Crippen molar-refractivity contribution in [2.45, 2.75) is 49.7 Å². The predicted octanol–water partition coefficient (Wildman–Crippen LogP) is 0.603. The maximum atomic E-state index is 12.9. The van der Waals surface area contributed by atoms with Crippen LogP contribution in [0.25, 0.3) is 0 Å². The average molecular weight is 449 g/mol. The standard InChI is InChI=1S/C23H28N8O2/c24-14-23(7-8-23)28-22(33)19(13-20-25-15-26-29-20)27-21(32)16-1-3-17(4-2-16)30-9-11-31(12-10-30)18-5-6-18/h1-4,15,18-19H,5-13H2,(H,27,32)(H,28,33)(H,25,26,29). The molecular weight excluding hydrogens is 420 g/mol. The first-order valence-electron chi connectivity index (χ1n) is 11.5. The second-order valence-electron chi connectivity index (χ2n) is 9.15. The number of anilines is 1. The van der Waals surface area contributed by atoms with Gasteiger partial charge in [-0.05, 0) is 49.9 Å². The molecule has 1 aliphatic heterocycles. The maximum Gasteiger partial charge on any atom is 0.251 e. The van der Waals surface area contributed by atoms with Crippen molar-refractivity contribution in [1.82, 2.24) is 30.7 Å². The fourth-order valence-electron chi connectivity index (χ4n) is 4.29. The third-order valence-corrected chi connectivity index (χ3v) is 6.68. The van der Waals surface area contributed by atoms with Gasteiger partial charge in [-0.15, -0.1) is 0 Å². The molecule has 172 valence electrons. The van der Waals surface area contributed by atoms with Crippen LogP contribution in [0.2, 0.25) is 0 Å². The Morgan fingerprint density at radius 3 is 2.48 bits per heavy atom. The molecule has 2 heterocycles. The van der Waals surface area contributed by atoms with Gasteiger partial charge in [-0.1, -0.05) is 0 Å². The van der Waals surface area contributed by atoms with E-state index >= 15 is 0 Å². The van der Waals surface area contributed by atoms with Gasteiger partial charge in [0.2, 0.25) is 5.91 Å². The van der Waals surface area contributed by atoms with E-state index in [0.717, 1.165) is 37.9 Å². The van der Waals surface area contributed by atoms with Crippen molar-refractivity contribution in [3.8, 4) is 6.07 Å². The third-order valence-electron chi connectivity index (χ3n) is 6.68. The van der Waals surface area contributed by atoms with Crippen LogP contribution >= 0.6 is 0 Å². The SMILES string of the molecule is N#CC1(NC(=O)C(Cc2ncn[nH]2)NC(=O)c2ccc(N3CCN(C4CC4)CC3)cc2)CC1. The number of rotatable bonds is 8. The number of aromatic nitrogens is 3. The van der Waals surface area contributed by atoms with Crippen LogP contribution in [0.1, 0.15) is 41.9 Å². The Hall–Kier alpha value is -3.45. The Bertz CT molecular complexity index is 1030. The Balaban J connectivity index is 1.22. The van der Waals surface area contributed by atoms with Gasteiger partial charge in [0.05, 0.1) is 6.07 Å². The molecule has 0 bridgehead atoms. The Labute approximate surface area is 192 Å². The fourth-order valence-corrected chi connectivity index (χ4v) is 4.29. The molecule has 10 nitrogen and oxygen atoms in total. The molecule has 0 spiro atoms. The van der Waals surface area contributed by atoms with Crippen LogP contribution in [0, 0.1) is 11.3 Å². The third kappa shape index (κ3) is 4.98. The first kappa shape index (κ1) is 21.4. The van der Waals surface area contributed by atoms with Crippen LogP contribution in [0.15, 0.2) is 30.6 Å². The summed E-state index contributed by atoms with van der Waals surface area (Å²) in [6, 6.07) is 9.57. The minimum atomic E-state index is -0.869. The first-order valence-corrected chi connectivity index (χ1v) is 11.5. The molecule has 1 aromatic heterocycles. The number of H-pyrrole nitrogens is 1. The summed E-state index contributed by atoms with van der Waals surface area (Å²) in [6.07, 6.45) is 5.41. The number of hydrogen-bond acceptors (Lipinski definition) is 7. The Morgan fingerprint density at radius 1 is 1.18 bits per heavy atom. The number of nitrogens with zero attached hydrogens (tertiary/aromatic N) is 5. The van der Waals surface area contributed by atoms with E-state index in [1.807, 2.05) is 12.1 Å². The van der Waals surface area contributed by atoms with Gasteiger partial charge in [-0.3, -0.25) is 19.6 Å². The minimum absolute atomic E-state index is 0.155. The lowest BCUT2D eigenvalue weighted by molar-refractivity contribution is -0.123. The molecule has 2 amide bonds. The maximum absolute atomic E-state index is 12.9. The molecule has 1 unspecified atom stereocenters. The summed E-state index contributed by atoms with van der Waals surface area (Å²) in [6.45, 7) is 4.13. The molecule has 3 aliphatic rings. The monoisotopic (exact) mass is 448 g/mol. The molecule has 2 saturated carbocycles. The van der Waals surface area contributed by atoms with Gasteiger partial charge in [-0.2, -0.15) is 10.4 Å². The van der Waals surface area contributed by atoms with Crippen molar-refractivity contribution in [2.75, 3.05) is 31.1 Å². The molecule has 3 fully saturated rings. The highest BCUT2D eigenvalue weighted by Crippen LogP contribution is 2.34. The average Bonchev–Trinajstić information content (AvgIpc) is 3.78. The number of nitrogens with one attached hydrogen (secondary N) is 3. The normalized spacial score (nSPS) is 20.5. The zero-order chi connectivity index (χ0) is 22.8. The summed E-state index contributed by atoms with van der Waals surface area (Å²) in [5, 5.41) is 21.4. The second-order valence-corrected chi connectivity index (χ2v) is 9.15. The first-order chi connectivity index (χ1) is 16.0. The van der Waals surface area contributed by atoms with Gasteiger partial charge in [0.1, 0.15) is 23.7 Å². The lowest BCUT2D eigenvalue weighted by atomic mass is 10.1. The molecule has 1 saturated heterocycles. The van der Waals surface area contributed by atoms with E-state index in [9.17, 15) is 14.9 Å². The van der Waals surface area contributed by atoms with Crippen molar-refractivity contribution >= 4 is 17.5 Å². The van der Waals surface area contributed by atoms with Crippen molar-refractivity contribution < 1.29 is 9.59 Å². The highest BCUT2D eigenvalue weighted by atomic mass is 16.2. The second kappa shape index (κ2) is 8.83. The highest BCUT2D eigenvalue weighted by molar-refractivity contribution is 5.98. The van der Waals surface area contributed by atoms with Crippen LogP contribution < -0.4 is 15.5 Å². The van der Waals surface area contributed by atoms with Gasteiger partial charge >= 0.3 is 0 Å². The van der Waals surface area contributed by atoms with Gasteiger partial charge < -0.3 is 15.5 Å². The van der Waals surface area contributed by atoms with E-state index in [0.29, 0.717) is 24.2 Å². The fraction of sp³-hybridized carbons (Fsp3) is 0.522. The topological polar surface area (TPSA) is 130 Å². The van der Waals surface area contributed by atoms with Gasteiger partial charge in [0, 0.05) is 49.9 Å². The molecule has 33 heavy (non-hydrogen) atoms. The molecule has 10 heteroatoms. The van der Waals surface area contributed by atoms with Crippen molar-refractivity contribution in [1.29, 1.82) is 5.26 Å². The van der Waals surface area contributed by atoms with E-state index < -0.39 is 17.5 Å². The Morgan fingerprint density at radius 2 is 1.91 bits per heavy atom. The summed E-state index contributed by atoms with van der Waals surface area (Å²) in [5.74, 6) is -0.261. The summed E-state index contributed by atoms with van der Waals surface area (Å²) < 4.78 is 0. The van der Waals surface area contributed by atoms with Crippen LogP contribution in [0.5, 0.6) is 0 Å². The summed E-state index contributed by atoms with van der Waals surface area (Å²) in [4.78, 5) is 34.7. The van der Waals surface area contributed by atoms with E-state index in [-0.39, 0.29) is 12.3 Å². The van der Waals surface area contributed by atoms with Gasteiger partial charge in [0.25, 0.3) is 5.91 Å². The number of piperazine rings is 1. The quantitative estimate of drug-likeness (QED) is 0.539. The molecule has 5 rings (SSSR count). The number of nitriles is 1. The van der Waals surface area contributed by atoms with Crippen molar-refractivity contribution in [3.05, 3.63) is 42.0 Å². The number of amides is 2. The van der Waals surface area contributed by atoms with E-state index in [1.165, 1.54) is 19.2 Å². The number of aromatic amines is 1. The number of carbonyl (C=O) groups excluding carboxylic acids is 2. The molecule has 2 aliphatic carbocycles. The highest BCUT2D eigenvalue weighted by Gasteiger charge is 2.45. The van der Waals surface area contributed by atoms with Crippen molar-refractivity contribution in [2.24, 2.45) is 0 Å². The number of hydrogen-bond donors (Lipinski definition) is 3. The zero-order valence-electron chi connectivity index (χ0n) is 18.5. The van der Waals surface area contributed by atoms with Crippen molar-refractivity contribution in [3.63, 3.8) is 0 Å². The van der Waals surface area contributed by atoms with Crippen LogP contribution in [0.3, 0.4) is 0 Å². The molecule has 0 radical (unpaired) electrons. The number of benzene rings is 1. The molecule has 2 aromatic rings. The minimum Gasteiger partial charge on any atom is -0.369 e. The van der Waals surface area contributed by atoms with Crippen LogP contribution in [-0.2, 0) is 11.2 Å². The molecule has 1 aromatic carbocycles. The van der Waals surface area contributed by atoms with Gasteiger partial charge in [-0.25, -0.2) is 4.98 Å². The summed E-state index contributed by atoms with van der Waals surface area (Å²) in [5.41, 5.74) is 0.766. The van der Waals surface area contributed by atoms with Crippen LogP contribution in [-0.4, -0.2) is 75.7 Å². The van der Waals surface area contributed by atoms with E-state index in [1.54, 1.807) is 12.1 Å². The zero-order valence-corrected chi connectivity index (χ0v) is 18.5. The predicted molar refractivity (Wildman–Crippen MR) is 120 cm³/mol. The van der Waals surface area contributed by atoms with Crippen LogP contribution in [0.4, 0.5) is 5.69 Å². The smallest absolute Gasteiger partial charge is 0.251 e. The summed E-state index contributed by atoms with van der Waals surface area (Å²) >= 11 is 0. The Kier molecular flexibility index (Phi) is 5.72.